The summed E-state index contributed by atoms with van der Waals surface area (Å²) in [6, 6.07) is 0.873. The topological polar surface area (TPSA) is 15.3 Å². The lowest BCUT2D eigenvalue weighted by Crippen LogP contribution is -2.48. The zero-order valence-corrected chi connectivity index (χ0v) is 13.5. The molecule has 0 bridgehead atoms. The molecule has 0 radical (unpaired) electrons. The van der Waals surface area contributed by atoms with E-state index in [1.165, 1.54) is 58.2 Å². The van der Waals surface area contributed by atoms with E-state index in [2.05, 4.69) is 38.0 Å². The van der Waals surface area contributed by atoms with E-state index >= 15 is 0 Å². The molecule has 1 saturated heterocycles. The first-order valence-electron chi connectivity index (χ1n) is 8.40. The van der Waals surface area contributed by atoms with E-state index in [0.717, 1.165) is 17.9 Å². The van der Waals surface area contributed by atoms with Gasteiger partial charge in [-0.1, -0.05) is 20.8 Å². The highest BCUT2D eigenvalue weighted by Gasteiger charge is 2.36. The van der Waals surface area contributed by atoms with Crippen LogP contribution in [0, 0.1) is 17.3 Å². The summed E-state index contributed by atoms with van der Waals surface area (Å²) in [5.41, 5.74) is 0.584. The van der Waals surface area contributed by atoms with Crippen molar-refractivity contribution < 1.29 is 0 Å². The van der Waals surface area contributed by atoms with Crippen LogP contribution in [0.5, 0.6) is 0 Å². The third kappa shape index (κ3) is 4.19. The molecule has 2 aliphatic rings. The zero-order valence-electron chi connectivity index (χ0n) is 13.5. The minimum Gasteiger partial charge on any atom is -0.320 e. The SMILES string of the molecule is CNCCC1CCN(C2CCC(C)(C)CC2C)CC1. The Labute approximate surface area is 120 Å². The fraction of sp³-hybridized carbons (Fsp3) is 1.00. The second-order valence-electron chi connectivity index (χ2n) is 7.82. The zero-order chi connectivity index (χ0) is 13.9. The predicted molar refractivity (Wildman–Crippen MR) is 83.4 cm³/mol. The van der Waals surface area contributed by atoms with Crippen molar-refractivity contribution in [2.24, 2.45) is 17.3 Å². The highest BCUT2D eigenvalue weighted by Crippen LogP contribution is 2.41. The Hall–Kier alpha value is -0.0800. The van der Waals surface area contributed by atoms with Gasteiger partial charge in [0.15, 0.2) is 0 Å². The maximum atomic E-state index is 3.29. The van der Waals surface area contributed by atoms with Gasteiger partial charge in [0.2, 0.25) is 0 Å². The van der Waals surface area contributed by atoms with Crippen molar-refractivity contribution in [3.63, 3.8) is 0 Å². The van der Waals surface area contributed by atoms with Gasteiger partial charge in [-0.05, 0) is 82.5 Å². The molecule has 0 aromatic carbocycles. The Morgan fingerprint density at radius 3 is 2.42 bits per heavy atom. The predicted octanol–water partition coefficient (Wildman–Crippen LogP) is 3.52. The number of hydrogen-bond acceptors (Lipinski definition) is 2. The molecule has 2 fully saturated rings. The first-order chi connectivity index (χ1) is 9.02. The smallest absolute Gasteiger partial charge is 0.0121 e. The largest absolute Gasteiger partial charge is 0.320 e. The average Bonchev–Trinajstić information content (AvgIpc) is 2.36. The molecule has 112 valence electrons. The minimum atomic E-state index is 0.584. The third-order valence-corrected chi connectivity index (χ3v) is 5.57. The molecule has 2 rings (SSSR count). The Kier molecular flexibility index (Phi) is 5.30. The number of rotatable bonds is 4. The van der Waals surface area contributed by atoms with Crippen LogP contribution in [0.1, 0.15) is 59.3 Å². The first kappa shape index (κ1) is 15.3. The van der Waals surface area contributed by atoms with Crippen molar-refractivity contribution >= 4 is 0 Å². The van der Waals surface area contributed by atoms with Crippen LogP contribution < -0.4 is 5.32 Å². The molecule has 2 heteroatoms. The number of nitrogens with zero attached hydrogens (tertiary/aromatic N) is 1. The first-order valence-corrected chi connectivity index (χ1v) is 8.40. The van der Waals surface area contributed by atoms with Crippen molar-refractivity contribution in [2.45, 2.75) is 65.3 Å². The second kappa shape index (κ2) is 6.58. The fourth-order valence-electron chi connectivity index (χ4n) is 4.40. The highest BCUT2D eigenvalue weighted by atomic mass is 15.2. The van der Waals surface area contributed by atoms with Crippen molar-refractivity contribution in [2.75, 3.05) is 26.7 Å². The van der Waals surface area contributed by atoms with Gasteiger partial charge >= 0.3 is 0 Å². The van der Waals surface area contributed by atoms with Crippen LogP contribution in [0.15, 0.2) is 0 Å². The van der Waals surface area contributed by atoms with E-state index in [9.17, 15) is 0 Å². The maximum Gasteiger partial charge on any atom is 0.0121 e. The quantitative estimate of drug-likeness (QED) is 0.837. The van der Waals surface area contributed by atoms with Crippen LogP contribution >= 0.6 is 0 Å². The van der Waals surface area contributed by atoms with Gasteiger partial charge in [0.05, 0.1) is 0 Å². The molecule has 0 aromatic heterocycles. The molecule has 19 heavy (non-hydrogen) atoms. The Balaban J connectivity index is 1.78. The van der Waals surface area contributed by atoms with Crippen LogP contribution in [0.2, 0.25) is 0 Å². The summed E-state index contributed by atoms with van der Waals surface area (Å²) in [5.74, 6) is 1.86. The van der Waals surface area contributed by atoms with Gasteiger partial charge in [-0.2, -0.15) is 0 Å². The molecule has 2 unspecified atom stereocenters. The molecule has 1 N–H and O–H groups in total. The minimum absolute atomic E-state index is 0.584. The molecule has 1 aliphatic heterocycles. The third-order valence-electron chi connectivity index (χ3n) is 5.57. The van der Waals surface area contributed by atoms with Crippen molar-refractivity contribution in [3.05, 3.63) is 0 Å². The van der Waals surface area contributed by atoms with Crippen LogP contribution in [0.4, 0.5) is 0 Å². The van der Waals surface area contributed by atoms with Crippen LogP contribution in [0.3, 0.4) is 0 Å². The molecular weight excluding hydrogens is 232 g/mol. The van der Waals surface area contributed by atoms with Gasteiger partial charge in [0, 0.05) is 6.04 Å². The van der Waals surface area contributed by atoms with Gasteiger partial charge in [-0.15, -0.1) is 0 Å². The lowest BCUT2D eigenvalue weighted by Gasteiger charge is -2.46. The van der Waals surface area contributed by atoms with Gasteiger partial charge in [0.25, 0.3) is 0 Å². The van der Waals surface area contributed by atoms with Crippen LogP contribution in [-0.4, -0.2) is 37.6 Å². The Bertz CT molecular complexity index is 266. The van der Waals surface area contributed by atoms with Crippen LogP contribution in [-0.2, 0) is 0 Å². The molecule has 0 amide bonds. The number of hydrogen-bond donors (Lipinski definition) is 1. The number of nitrogens with one attached hydrogen (secondary N) is 1. The Morgan fingerprint density at radius 2 is 1.84 bits per heavy atom. The second-order valence-corrected chi connectivity index (χ2v) is 7.82. The summed E-state index contributed by atoms with van der Waals surface area (Å²) in [7, 11) is 2.07. The monoisotopic (exact) mass is 266 g/mol. The van der Waals surface area contributed by atoms with E-state index in [0.29, 0.717) is 5.41 Å². The van der Waals surface area contributed by atoms with E-state index in [1.54, 1.807) is 0 Å². The molecule has 1 saturated carbocycles. The Morgan fingerprint density at radius 1 is 1.16 bits per heavy atom. The summed E-state index contributed by atoms with van der Waals surface area (Å²) in [6.07, 6.45) is 8.48. The van der Waals surface area contributed by atoms with E-state index in [-0.39, 0.29) is 0 Å². The number of likely N-dealkylation sites (tertiary alicyclic amines) is 1. The molecule has 0 aromatic rings. The van der Waals surface area contributed by atoms with Gasteiger partial charge in [0.1, 0.15) is 0 Å². The summed E-state index contributed by atoms with van der Waals surface area (Å²) in [6.45, 7) is 11.3. The van der Waals surface area contributed by atoms with Gasteiger partial charge < -0.3 is 10.2 Å². The van der Waals surface area contributed by atoms with Crippen LogP contribution in [0.25, 0.3) is 0 Å². The van der Waals surface area contributed by atoms with Gasteiger partial charge in [-0.25, -0.2) is 0 Å². The molecular formula is C17H34N2. The summed E-state index contributed by atoms with van der Waals surface area (Å²) < 4.78 is 0. The number of piperidine rings is 1. The van der Waals surface area contributed by atoms with Gasteiger partial charge in [-0.3, -0.25) is 0 Å². The average molecular weight is 266 g/mol. The molecule has 2 nitrogen and oxygen atoms in total. The fourth-order valence-corrected chi connectivity index (χ4v) is 4.40. The highest BCUT2D eigenvalue weighted by molar-refractivity contribution is 4.90. The molecule has 1 heterocycles. The maximum absolute atomic E-state index is 3.29. The van der Waals surface area contributed by atoms with E-state index in [1.807, 2.05) is 0 Å². The molecule has 1 aliphatic carbocycles. The van der Waals surface area contributed by atoms with Crippen molar-refractivity contribution in [1.29, 1.82) is 0 Å². The summed E-state index contributed by atoms with van der Waals surface area (Å²) in [5, 5.41) is 3.29. The summed E-state index contributed by atoms with van der Waals surface area (Å²) >= 11 is 0. The van der Waals surface area contributed by atoms with Crippen molar-refractivity contribution in [3.8, 4) is 0 Å². The standard InChI is InChI=1S/C17H34N2/c1-14-13-17(2,3)9-5-16(14)19-11-7-15(8-12-19)6-10-18-4/h14-16,18H,5-13H2,1-4H3. The molecule has 0 spiro atoms. The van der Waals surface area contributed by atoms with Crippen molar-refractivity contribution in [1.82, 2.24) is 10.2 Å². The van der Waals surface area contributed by atoms with E-state index < -0.39 is 0 Å². The molecule has 2 atom stereocenters. The summed E-state index contributed by atoms with van der Waals surface area (Å²) in [4.78, 5) is 2.82. The normalized spacial score (nSPS) is 33.5. The van der Waals surface area contributed by atoms with E-state index in [4.69, 9.17) is 0 Å². The lowest BCUT2D eigenvalue weighted by molar-refractivity contribution is 0.0368. The lowest BCUT2D eigenvalue weighted by atomic mass is 9.70.